The van der Waals surface area contributed by atoms with E-state index in [1.54, 1.807) is 0 Å². The van der Waals surface area contributed by atoms with Gasteiger partial charge in [-0.05, 0) is 17.3 Å². The molecule has 2 rings (SSSR count). The van der Waals surface area contributed by atoms with Crippen LogP contribution in [0.4, 0.5) is 0 Å². The smallest absolute Gasteiger partial charge is 0.317 e. The van der Waals surface area contributed by atoms with Gasteiger partial charge in [0.05, 0.1) is 6.54 Å². The van der Waals surface area contributed by atoms with Crippen LogP contribution in [-0.4, -0.2) is 35.6 Å². The lowest BCUT2D eigenvalue weighted by Gasteiger charge is -2.19. The zero-order chi connectivity index (χ0) is 8.93. The molecule has 0 aromatic rings. The Kier molecular flexibility index (Phi) is 1.49. The van der Waals surface area contributed by atoms with E-state index in [9.17, 15) is 4.79 Å². The minimum Gasteiger partial charge on any atom is -0.480 e. The minimum absolute atomic E-state index is 0.225. The van der Waals surface area contributed by atoms with Gasteiger partial charge in [0.2, 0.25) is 0 Å². The van der Waals surface area contributed by atoms with Crippen molar-refractivity contribution >= 4 is 5.97 Å². The molecular formula is C9H15NO2. The van der Waals surface area contributed by atoms with E-state index < -0.39 is 5.97 Å². The summed E-state index contributed by atoms with van der Waals surface area (Å²) in [4.78, 5) is 12.4. The van der Waals surface area contributed by atoms with Crippen LogP contribution in [0.3, 0.4) is 0 Å². The summed E-state index contributed by atoms with van der Waals surface area (Å²) in [7, 11) is 0. The summed E-state index contributed by atoms with van der Waals surface area (Å²) < 4.78 is 0. The number of hydrogen-bond donors (Lipinski definition) is 1. The van der Waals surface area contributed by atoms with Gasteiger partial charge in [-0.25, -0.2) is 0 Å². The fourth-order valence-corrected chi connectivity index (χ4v) is 2.53. The molecule has 0 aromatic heterocycles. The van der Waals surface area contributed by atoms with Crippen LogP contribution in [0.5, 0.6) is 0 Å². The van der Waals surface area contributed by atoms with E-state index in [0.717, 1.165) is 24.9 Å². The molecule has 1 N–H and O–H groups in total. The number of aliphatic carboxylic acids is 1. The Morgan fingerprint density at radius 2 is 2.00 bits per heavy atom. The van der Waals surface area contributed by atoms with Gasteiger partial charge in [0.1, 0.15) is 0 Å². The van der Waals surface area contributed by atoms with Crippen LogP contribution in [0, 0.1) is 17.3 Å². The highest BCUT2D eigenvalue weighted by Gasteiger charge is 2.61. The third-order valence-electron chi connectivity index (χ3n) is 3.56. The Morgan fingerprint density at radius 1 is 1.50 bits per heavy atom. The van der Waals surface area contributed by atoms with Crippen LogP contribution < -0.4 is 0 Å². The second kappa shape index (κ2) is 2.22. The van der Waals surface area contributed by atoms with Crippen molar-refractivity contribution in [3.05, 3.63) is 0 Å². The van der Waals surface area contributed by atoms with Crippen LogP contribution in [0.15, 0.2) is 0 Å². The van der Waals surface area contributed by atoms with E-state index in [2.05, 4.69) is 13.8 Å². The first-order valence-electron chi connectivity index (χ1n) is 4.46. The van der Waals surface area contributed by atoms with E-state index >= 15 is 0 Å². The summed E-state index contributed by atoms with van der Waals surface area (Å²) in [6, 6.07) is 0. The lowest BCUT2D eigenvalue weighted by Crippen LogP contribution is -2.31. The molecule has 0 spiro atoms. The Morgan fingerprint density at radius 3 is 2.42 bits per heavy atom. The molecule has 1 saturated heterocycles. The number of carbonyl (C=O) groups is 1. The number of carboxylic acids is 1. The predicted molar refractivity (Wildman–Crippen MR) is 44.8 cm³/mol. The Balaban J connectivity index is 1.86. The minimum atomic E-state index is -0.700. The van der Waals surface area contributed by atoms with Gasteiger partial charge in [0.15, 0.2) is 0 Å². The van der Waals surface area contributed by atoms with Crippen LogP contribution in [0.2, 0.25) is 0 Å². The van der Waals surface area contributed by atoms with E-state index in [1.807, 2.05) is 4.90 Å². The normalized spacial score (nSPS) is 37.8. The average molecular weight is 169 g/mol. The van der Waals surface area contributed by atoms with Gasteiger partial charge in [0.25, 0.3) is 0 Å². The maximum Gasteiger partial charge on any atom is 0.317 e. The fourth-order valence-electron chi connectivity index (χ4n) is 2.53. The van der Waals surface area contributed by atoms with E-state index in [-0.39, 0.29) is 6.54 Å². The molecule has 0 radical (unpaired) electrons. The highest BCUT2D eigenvalue weighted by atomic mass is 16.4. The van der Waals surface area contributed by atoms with Crippen molar-refractivity contribution in [3.63, 3.8) is 0 Å². The number of piperidine rings is 1. The summed E-state index contributed by atoms with van der Waals surface area (Å²) >= 11 is 0. The van der Waals surface area contributed by atoms with Crippen molar-refractivity contribution in [2.24, 2.45) is 17.3 Å². The molecule has 0 amide bonds. The number of hydrogen-bond acceptors (Lipinski definition) is 2. The molecule has 0 aromatic carbocycles. The first-order chi connectivity index (χ1) is 5.51. The highest BCUT2D eigenvalue weighted by molar-refractivity contribution is 5.69. The molecule has 3 nitrogen and oxygen atoms in total. The first-order valence-corrected chi connectivity index (χ1v) is 4.46. The van der Waals surface area contributed by atoms with Crippen LogP contribution in [-0.2, 0) is 4.79 Å². The quantitative estimate of drug-likeness (QED) is 0.660. The zero-order valence-corrected chi connectivity index (χ0v) is 7.58. The molecule has 12 heavy (non-hydrogen) atoms. The summed E-state index contributed by atoms with van der Waals surface area (Å²) in [5, 5.41) is 8.56. The largest absolute Gasteiger partial charge is 0.480 e. The highest BCUT2D eigenvalue weighted by Crippen LogP contribution is 2.61. The second-order valence-electron chi connectivity index (χ2n) is 4.62. The van der Waals surface area contributed by atoms with E-state index in [1.165, 1.54) is 0 Å². The lowest BCUT2D eigenvalue weighted by molar-refractivity contribution is -0.138. The summed E-state index contributed by atoms with van der Waals surface area (Å²) in [5.74, 6) is 0.822. The Bertz CT molecular complexity index is 211. The maximum atomic E-state index is 10.4. The van der Waals surface area contributed by atoms with Gasteiger partial charge in [-0.15, -0.1) is 0 Å². The monoisotopic (exact) mass is 169 g/mol. The van der Waals surface area contributed by atoms with Crippen LogP contribution in [0.1, 0.15) is 13.8 Å². The molecule has 1 aliphatic heterocycles. The van der Waals surface area contributed by atoms with Gasteiger partial charge in [-0.2, -0.15) is 0 Å². The number of likely N-dealkylation sites (tertiary alicyclic amines) is 1. The van der Waals surface area contributed by atoms with Crippen LogP contribution >= 0.6 is 0 Å². The summed E-state index contributed by atoms with van der Waals surface area (Å²) in [6.07, 6.45) is 0. The van der Waals surface area contributed by atoms with E-state index in [4.69, 9.17) is 5.11 Å². The molecule has 0 bridgehead atoms. The number of rotatable bonds is 2. The molecule has 1 saturated carbocycles. The van der Waals surface area contributed by atoms with Crippen molar-refractivity contribution in [1.82, 2.24) is 4.90 Å². The Hall–Kier alpha value is -0.570. The average Bonchev–Trinajstić information content (AvgIpc) is 2.38. The van der Waals surface area contributed by atoms with Crippen molar-refractivity contribution in [1.29, 1.82) is 0 Å². The van der Waals surface area contributed by atoms with Gasteiger partial charge in [0, 0.05) is 13.1 Å². The van der Waals surface area contributed by atoms with Crippen molar-refractivity contribution in [2.75, 3.05) is 19.6 Å². The summed E-state index contributed by atoms with van der Waals surface area (Å²) in [5.41, 5.74) is 0.495. The Labute approximate surface area is 72.4 Å². The molecule has 2 atom stereocenters. The maximum absolute atomic E-state index is 10.4. The first kappa shape index (κ1) is 8.05. The third-order valence-corrected chi connectivity index (χ3v) is 3.56. The van der Waals surface area contributed by atoms with Crippen molar-refractivity contribution in [2.45, 2.75) is 13.8 Å². The summed E-state index contributed by atoms with van der Waals surface area (Å²) in [6.45, 7) is 6.76. The second-order valence-corrected chi connectivity index (χ2v) is 4.62. The van der Waals surface area contributed by atoms with Gasteiger partial charge in [-0.3, -0.25) is 9.69 Å². The SMILES string of the molecule is CC1(C)C2CN(CC(=O)O)CC21. The molecular weight excluding hydrogens is 154 g/mol. The zero-order valence-electron chi connectivity index (χ0n) is 7.58. The molecule has 1 aliphatic carbocycles. The molecule has 68 valence electrons. The van der Waals surface area contributed by atoms with Crippen LogP contribution in [0.25, 0.3) is 0 Å². The number of fused-ring (bicyclic) bond motifs is 1. The standard InChI is InChI=1S/C9H15NO2/c1-9(2)6-3-10(4-7(6)9)5-8(11)12/h6-7H,3-5H2,1-2H3,(H,11,12). The number of nitrogens with zero attached hydrogens (tertiary/aromatic N) is 1. The van der Waals surface area contributed by atoms with Gasteiger partial charge < -0.3 is 5.11 Å². The van der Waals surface area contributed by atoms with E-state index in [0.29, 0.717) is 5.41 Å². The molecule has 2 unspecified atom stereocenters. The topological polar surface area (TPSA) is 40.5 Å². The predicted octanol–water partition coefficient (Wildman–Crippen LogP) is 0.659. The molecule has 3 heteroatoms. The molecule has 2 aliphatic rings. The van der Waals surface area contributed by atoms with Gasteiger partial charge in [-0.1, -0.05) is 13.8 Å². The lowest BCUT2D eigenvalue weighted by atomic mass is 10.1. The van der Waals surface area contributed by atoms with Crippen molar-refractivity contribution in [3.8, 4) is 0 Å². The van der Waals surface area contributed by atoms with Crippen molar-refractivity contribution < 1.29 is 9.90 Å². The fraction of sp³-hybridized carbons (Fsp3) is 0.889. The molecule has 1 heterocycles. The number of carboxylic acid groups (broad SMARTS) is 1. The molecule has 2 fully saturated rings. The van der Waals surface area contributed by atoms with Gasteiger partial charge >= 0.3 is 5.97 Å². The third kappa shape index (κ3) is 1.04.